The number of anilines is 1. The van der Waals surface area contributed by atoms with Crippen molar-refractivity contribution in [2.75, 3.05) is 25.5 Å². The third-order valence-electron chi connectivity index (χ3n) is 3.84. The molecular weight excluding hydrogens is 282 g/mol. The average molecular weight is 301 g/mol. The monoisotopic (exact) mass is 301 g/mol. The van der Waals surface area contributed by atoms with Gasteiger partial charge in [-0.25, -0.2) is 4.98 Å². The zero-order valence-corrected chi connectivity index (χ0v) is 13.1. The highest BCUT2D eigenvalue weighted by Crippen LogP contribution is 2.35. The first-order valence-electron chi connectivity index (χ1n) is 7.14. The molecule has 21 heavy (non-hydrogen) atoms. The van der Waals surface area contributed by atoms with Crippen LogP contribution in [0.3, 0.4) is 0 Å². The number of rotatable bonds is 3. The quantitative estimate of drug-likeness (QED) is 0.873. The van der Waals surface area contributed by atoms with E-state index in [1.807, 2.05) is 30.0 Å². The summed E-state index contributed by atoms with van der Waals surface area (Å²) in [5.41, 5.74) is 0.720. The Balaban J connectivity index is 1.86. The molecule has 1 saturated heterocycles. The third kappa shape index (κ3) is 2.78. The number of carbonyl (C=O) groups excluding carboxylic acids is 1. The SMILES string of the molecule is CN(C)c1cc(C(=O)N2CCC[C@@H]2c2cccs2)ccn1. The molecule has 0 radical (unpaired) electrons. The van der Waals surface area contributed by atoms with E-state index < -0.39 is 0 Å². The average Bonchev–Trinajstić information content (AvgIpc) is 3.17. The summed E-state index contributed by atoms with van der Waals surface area (Å²) in [4.78, 5) is 22.3. The molecule has 0 bridgehead atoms. The number of amides is 1. The highest BCUT2D eigenvalue weighted by atomic mass is 32.1. The maximum absolute atomic E-state index is 12.8. The van der Waals surface area contributed by atoms with Crippen molar-refractivity contribution in [3.05, 3.63) is 46.3 Å². The van der Waals surface area contributed by atoms with Crippen molar-refractivity contribution < 1.29 is 4.79 Å². The topological polar surface area (TPSA) is 36.4 Å². The summed E-state index contributed by atoms with van der Waals surface area (Å²) in [6.45, 7) is 0.834. The molecule has 5 heteroatoms. The van der Waals surface area contributed by atoms with E-state index in [0.717, 1.165) is 30.8 Å². The predicted molar refractivity (Wildman–Crippen MR) is 85.9 cm³/mol. The molecule has 0 saturated carbocycles. The summed E-state index contributed by atoms with van der Waals surface area (Å²) in [5.74, 6) is 0.920. The molecule has 1 fully saturated rings. The van der Waals surface area contributed by atoms with Crippen LogP contribution in [-0.4, -0.2) is 36.4 Å². The maximum Gasteiger partial charge on any atom is 0.254 e. The van der Waals surface area contributed by atoms with Gasteiger partial charge in [0.25, 0.3) is 5.91 Å². The molecule has 0 aromatic carbocycles. The van der Waals surface area contributed by atoms with Gasteiger partial charge in [-0.15, -0.1) is 11.3 Å². The summed E-state index contributed by atoms with van der Waals surface area (Å²) in [6.07, 6.45) is 3.83. The summed E-state index contributed by atoms with van der Waals surface area (Å²) in [7, 11) is 3.86. The highest BCUT2D eigenvalue weighted by molar-refractivity contribution is 7.10. The van der Waals surface area contributed by atoms with Gasteiger partial charge in [0.1, 0.15) is 5.82 Å². The van der Waals surface area contributed by atoms with Crippen molar-refractivity contribution >= 4 is 23.1 Å². The summed E-state index contributed by atoms with van der Waals surface area (Å²) in [6, 6.07) is 8.08. The van der Waals surface area contributed by atoms with Crippen LogP contribution in [0.25, 0.3) is 0 Å². The minimum absolute atomic E-state index is 0.108. The Bertz CT molecular complexity index is 624. The smallest absolute Gasteiger partial charge is 0.254 e. The summed E-state index contributed by atoms with van der Waals surface area (Å²) >= 11 is 1.73. The minimum Gasteiger partial charge on any atom is -0.363 e. The van der Waals surface area contributed by atoms with E-state index in [4.69, 9.17) is 0 Å². The summed E-state index contributed by atoms with van der Waals surface area (Å²) < 4.78 is 0. The number of hydrogen-bond donors (Lipinski definition) is 0. The number of nitrogens with zero attached hydrogens (tertiary/aromatic N) is 3. The van der Waals surface area contributed by atoms with Crippen molar-refractivity contribution in [1.29, 1.82) is 0 Å². The minimum atomic E-state index is 0.108. The zero-order valence-electron chi connectivity index (χ0n) is 12.3. The molecule has 1 atom stereocenters. The summed E-state index contributed by atoms with van der Waals surface area (Å²) in [5, 5.41) is 2.08. The van der Waals surface area contributed by atoms with Crippen molar-refractivity contribution in [2.24, 2.45) is 0 Å². The Morgan fingerprint density at radius 1 is 1.43 bits per heavy atom. The van der Waals surface area contributed by atoms with Crippen molar-refractivity contribution in [1.82, 2.24) is 9.88 Å². The van der Waals surface area contributed by atoms with E-state index in [2.05, 4.69) is 22.5 Å². The maximum atomic E-state index is 12.8. The number of carbonyl (C=O) groups is 1. The lowest BCUT2D eigenvalue weighted by atomic mass is 10.1. The largest absolute Gasteiger partial charge is 0.363 e. The third-order valence-corrected chi connectivity index (χ3v) is 4.81. The highest BCUT2D eigenvalue weighted by Gasteiger charge is 2.31. The number of pyridine rings is 1. The molecule has 0 aliphatic carbocycles. The lowest BCUT2D eigenvalue weighted by Gasteiger charge is -2.24. The fraction of sp³-hybridized carbons (Fsp3) is 0.375. The van der Waals surface area contributed by atoms with Crippen LogP contribution >= 0.6 is 11.3 Å². The predicted octanol–water partition coefficient (Wildman–Crippen LogP) is 3.19. The van der Waals surface area contributed by atoms with Gasteiger partial charge in [0.05, 0.1) is 6.04 Å². The van der Waals surface area contributed by atoms with E-state index >= 15 is 0 Å². The molecule has 0 spiro atoms. The van der Waals surface area contributed by atoms with Crippen LogP contribution in [0, 0.1) is 0 Å². The van der Waals surface area contributed by atoms with Gasteiger partial charge in [-0.3, -0.25) is 4.79 Å². The number of likely N-dealkylation sites (tertiary alicyclic amines) is 1. The van der Waals surface area contributed by atoms with Crippen molar-refractivity contribution in [3.63, 3.8) is 0 Å². The first kappa shape index (κ1) is 14.1. The lowest BCUT2D eigenvalue weighted by Crippen LogP contribution is -2.30. The van der Waals surface area contributed by atoms with E-state index in [1.165, 1.54) is 4.88 Å². The van der Waals surface area contributed by atoms with Gasteiger partial charge in [-0.2, -0.15) is 0 Å². The number of hydrogen-bond acceptors (Lipinski definition) is 4. The van der Waals surface area contributed by atoms with Crippen LogP contribution < -0.4 is 4.90 Å². The van der Waals surface area contributed by atoms with Gasteiger partial charge in [-0.05, 0) is 36.4 Å². The van der Waals surface area contributed by atoms with E-state index in [1.54, 1.807) is 23.6 Å². The lowest BCUT2D eigenvalue weighted by molar-refractivity contribution is 0.0738. The Labute approximate surface area is 129 Å². The Hall–Kier alpha value is -1.88. The van der Waals surface area contributed by atoms with Crippen LogP contribution in [0.2, 0.25) is 0 Å². The van der Waals surface area contributed by atoms with Crippen LogP contribution in [-0.2, 0) is 0 Å². The first-order valence-corrected chi connectivity index (χ1v) is 8.02. The molecule has 1 aliphatic heterocycles. The van der Waals surface area contributed by atoms with Crippen LogP contribution in [0.1, 0.15) is 34.1 Å². The molecule has 0 N–H and O–H groups in total. The normalized spacial score (nSPS) is 18.0. The van der Waals surface area contributed by atoms with Gasteiger partial charge < -0.3 is 9.80 Å². The van der Waals surface area contributed by atoms with Gasteiger partial charge >= 0.3 is 0 Å². The molecule has 3 heterocycles. The Kier molecular flexibility index (Phi) is 3.92. The van der Waals surface area contributed by atoms with Gasteiger partial charge in [-0.1, -0.05) is 6.07 Å². The molecule has 2 aromatic heterocycles. The number of aromatic nitrogens is 1. The molecule has 110 valence electrons. The van der Waals surface area contributed by atoms with E-state index in [9.17, 15) is 4.79 Å². The second kappa shape index (κ2) is 5.85. The van der Waals surface area contributed by atoms with E-state index in [0.29, 0.717) is 0 Å². The molecule has 2 aromatic rings. The second-order valence-corrected chi connectivity index (χ2v) is 6.45. The van der Waals surface area contributed by atoms with Gasteiger partial charge in [0.2, 0.25) is 0 Å². The van der Waals surface area contributed by atoms with E-state index in [-0.39, 0.29) is 11.9 Å². The molecule has 1 aliphatic rings. The molecule has 1 amide bonds. The molecule has 4 nitrogen and oxygen atoms in total. The van der Waals surface area contributed by atoms with Crippen molar-refractivity contribution in [3.8, 4) is 0 Å². The second-order valence-electron chi connectivity index (χ2n) is 5.47. The molecular formula is C16H19N3OS. The fourth-order valence-electron chi connectivity index (χ4n) is 2.75. The van der Waals surface area contributed by atoms with Gasteiger partial charge in [0.15, 0.2) is 0 Å². The van der Waals surface area contributed by atoms with Crippen molar-refractivity contribution in [2.45, 2.75) is 18.9 Å². The van der Waals surface area contributed by atoms with Crippen LogP contribution in [0.5, 0.6) is 0 Å². The Morgan fingerprint density at radius 3 is 3.00 bits per heavy atom. The molecule has 0 unspecified atom stereocenters. The van der Waals surface area contributed by atoms with Crippen LogP contribution in [0.15, 0.2) is 35.8 Å². The Morgan fingerprint density at radius 2 is 2.29 bits per heavy atom. The molecule has 3 rings (SSSR count). The van der Waals surface area contributed by atoms with Gasteiger partial charge in [0, 0.05) is 37.3 Å². The first-order chi connectivity index (χ1) is 10.2. The zero-order chi connectivity index (χ0) is 14.8. The fourth-order valence-corrected chi connectivity index (χ4v) is 3.62. The number of thiophene rings is 1. The van der Waals surface area contributed by atoms with Crippen LogP contribution in [0.4, 0.5) is 5.82 Å². The standard InChI is InChI=1S/C16H19N3OS/c1-18(2)15-11-12(7-8-17-15)16(20)19-9-3-5-13(19)14-6-4-10-21-14/h4,6-8,10-11,13H,3,5,9H2,1-2H3/t13-/m1/s1.